The first-order chi connectivity index (χ1) is 19.4. The van der Waals surface area contributed by atoms with Crippen molar-refractivity contribution < 1.29 is 24.6 Å². The van der Waals surface area contributed by atoms with Crippen LogP contribution in [0.2, 0.25) is 0 Å². The number of rotatable bonds is 12. The summed E-state index contributed by atoms with van der Waals surface area (Å²) in [6, 6.07) is 19.0. The molecule has 3 aromatic rings. The molecule has 4 atom stereocenters. The largest absolute Gasteiger partial charge is 0.465 e. The molecule has 41 heavy (non-hydrogen) atoms. The van der Waals surface area contributed by atoms with Crippen molar-refractivity contribution in [1.29, 1.82) is 0 Å². The summed E-state index contributed by atoms with van der Waals surface area (Å²) < 4.78 is 0. The van der Waals surface area contributed by atoms with Gasteiger partial charge in [-0.2, -0.15) is 0 Å². The van der Waals surface area contributed by atoms with E-state index in [2.05, 4.69) is 10.6 Å². The van der Waals surface area contributed by atoms with Gasteiger partial charge in [-0.3, -0.25) is 14.5 Å². The molecule has 0 unspecified atom stereocenters. The average molecular weight is 580 g/mol. The van der Waals surface area contributed by atoms with E-state index in [0.29, 0.717) is 17.7 Å². The fourth-order valence-electron chi connectivity index (χ4n) is 5.08. The number of nitrogens with zero attached hydrogens (tertiary/aromatic N) is 1. The monoisotopic (exact) mass is 579 g/mol. The highest BCUT2D eigenvalue weighted by atomic mass is 32.1. The van der Waals surface area contributed by atoms with Gasteiger partial charge in [-0.15, -0.1) is 11.3 Å². The minimum atomic E-state index is -1.21. The van der Waals surface area contributed by atoms with Crippen molar-refractivity contribution >= 4 is 29.2 Å². The molecule has 1 heterocycles. The predicted molar refractivity (Wildman–Crippen MR) is 162 cm³/mol. The van der Waals surface area contributed by atoms with Crippen LogP contribution in [0.3, 0.4) is 0 Å². The highest BCUT2D eigenvalue weighted by Gasteiger charge is 2.39. The lowest BCUT2D eigenvalue weighted by molar-refractivity contribution is -0.130. The van der Waals surface area contributed by atoms with Crippen LogP contribution in [-0.4, -0.2) is 64.3 Å². The van der Waals surface area contributed by atoms with Crippen molar-refractivity contribution in [2.24, 2.45) is 5.41 Å². The number of amides is 3. The van der Waals surface area contributed by atoms with Crippen LogP contribution in [0.25, 0.3) is 0 Å². The molecule has 0 spiro atoms. The normalized spacial score (nSPS) is 14.4. The molecule has 0 saturated heterocycles. The number of benzene rings is 2. The molecule has 4 N–H and O–H groups in total. The number of aryl methyl sites for hydroxylation is 1. The second kappa shape index (κ2) is 14.3. The maximum Gasteiger partial charge on any atom is 0.407 e. The van der Waals surface area contributed by atoms with Crippen LogP contribution in [0.5, 0.6) is 0 Å². The minimum absolute atomic E-state index is 0.178. The van der Waals surface area contributed by atoms with Crippen molar-refractivity contribution in [3.05, 3.63) is 93.7 Å². The van der Waals surface area contributed by atoms with Crippen molar-refractivity contribution in [3.8, 4) is 0 Å². The molecular weight excluding hydrogens is 538 g/mol. The fourth-order valence-corrected chi connectivity index (χ4v) is 5.91. The van der Waals surface area contributed by atoms with Gasteiger partial charge in [-0.25, -0.2) is 4.79 Å². The first-order valence-electron chi connectivity index (χ1n) is 13.7. The summed E-state index contributed by atoms with van der Waals surface area (Å²) in [7, 11) is 1.37. The van der Waals surface area contributed by atoms with Gasteiger partial charge in [0.25, 0.3) is 5.91 Å². The number of carbonyl (C=O) groups is 3. The molecule has 1 aromatic heterocycles. The second-order valence-corrected chi connectivity index (χ2v) is 12.5. The van der Waals surface area contributed by atoms with Crippen LogP contribution in [0.4, 0.5) is 4.79 Å². The fraction of sp³-hybridized carbons (Fsp3) is 0.406. The summed E-state index contributed by atoms with van der Waals surface area (Å²) in [5.41, 5.74) is 2.11. The van der Waals surface area contributed by atoms with E-state index in [9.17, 15) is 24.6 Å². The van der Waals surface area contributed by atoms with Crippen LogP contribution in [-0.2, 0) is 17.6 Å². The van der Waals surface area contributed by atoms with Crippen LogP contribution in [0.1, 0.15) is 53.6 Å². The number of hydrogen-bond donors (Lipinski definition) is 4. The first-order valence-corrected chi connectivity index (χ1v) is 14.6. The summed E-state index contributed by atoms with van der Waals surface area (Å²) in [5, 5.41) is 29.2. The molecule has 0 radical (unpaired) electrons. The molecule has 0 aliphatic carbocycles. The van der Waals surface area contributed by atoms with Crippen molar-refractivity contribution in [2.75, 3.05) is 7.05 Å². The zero-order valence-electron chi connectivity index (χ0n) is 24.3. The quantitative estimate of drug-likeness (QED) is 0.243. The lowest BCUT2D eigenvalue weighted by Crippen LogP contribution is -2.58. The number of thiophene rings is 1. The van der Waals surface area contributed by atoms with E-state index in [1.807, 2.05) is 79.0 Å². The molecule has 0 saturated carbocycles. The van der Waals surface area contributed by atoms with E-state index in [1.165, 1.54) is 18.4 Å². The Morgan fingerprint density at radius 2 is 1.46 bits per heavy atom. The lowest BCUT2D eigenvalue weighted by Gasteiger charge is -2.37. The Bertz CT molecular complexity index is 1290. The maximum absolute atomic E-state index is 13.6. The lowest BCUT2D eigenvalue weighted by atomic mass is 9.84. The molecule has 0 aliphatic heterocycles. The van der Waals surface area contributed by atoms with Crippen LogP contribution < -0.4 is 10.6 Å². The van der Waals surface area contributed by atoms with Crippen molar-refractivity contribution in [3.63, 3.8) is 0 Å². The van der Waals surface area contributed by atoms with Crippen LogP contribution in [0.15, 0.2) is 72.1 Å². The Morgan fingerprint density at radius 3 is 1.95 bits per heavy atom. The smallest absolute Gasteiger partial charge is 0.407 e. The zero-order valence-corrected chi connectivity index (χ0v) is 25.2. The summed E-state index contributed by atoms with van der Waals surface area (Å²) in [5.74, 6) is -0.689. The van der Waals surface area contributed by atoms with Gasteiger partial charge in [0.05, 0.1) is 17.0 Å². The van der Waals surface area contributed by atoms with Gasteiger partial charge in [-0.1, -0.05) is 81.4 Å². The summed E-state index contributed by atoms with van der Waals surface area (Å²) >= 11 is 1.37. The molecule has 220 valence electrons. The third-order valence-electron chi connectivity index (χ3n) is 7.10. The Morgan fingerprint density at radius 1 is 0.902 bits per heavy atom. The summed E-state index contributed by atoms with van der Waals surface area (Å²) in [6.07, 6.45) is -1.25. The second-order valence-electron chi connectivity index (χ2n) is 11.6. The molecular formula is C32H41N3O5S. The third-order valence-corrected chi connectivity index (χ3v) is 8.12. The van der Waals surface area contributed by atoms with Gasteiger partial charge < -0.3 is 20.8 Å². The topological polar surface area (TPSA) is 119 Å². The van der Waals surface area contributed by atoms with Crippen molar-refractivity contribution in [2.45, 2.75) is 71.2 Å². The van der Waals surface area contributed by atoms with Gasteiger partial charge in [0.2, 0.25) is 5.91 Å². The standard InChI is InChI=1S/C32H41N3O5S/c1-21-16-17-41-27(21)29(37)33-24(18-22-12-8-6-9-13-22)20-26(36)25(19-23-14-10-7-11-15-23)34-30(38)28(32(2,3)4)35(5)31(39)40/h6-17,24-26,28,36H,18-20H2,1-5H3,(H,33,37)(H,34,38)(H,39,40)/t24-,25-,26-,28+/m0/s1. The van der Waals surface area contributed by atoms with E-state index in [0.717, 1.165) is 21.6 Å². The number of aliphatic hydroxyl groups is 1. The molecule has 0 fully saturated rings. The molecule has 9 heteroatoms. The highest BCUT2D eigenvalue weighted by molar-refractivity contribution is 7.12. The predicted octanol–water partition coefficient (Wildman–Crippen LogP) is 4.90. The van der Waals surface area contributed by atoms with Gasteiger partial charge in [0.1, 0.15) is 6.04 Å². The number of aliphatic hydroxyl groups excluding tert-OH is 1. The minimum Gasteiger partial charge on any atom is -0.465 e. The highest BCUT2D eigenvalue weighted by Crippen LogP contribution is 2.25. The number of hydrogen-bond acceptors (Lipinski definition) is 5. The van der Waals surface area contributed by atoms with Crippen LogP contribution >= 0.6 is 11.3 Å². The maximum atomic E-state index is 13.6. The van der Waals surface area contributed by atoms with E-state index in [-0.39, 0.29) is 12.3 Å². The number of nitrogens with one attached hydrogen (secondary N) is 2. The van der Waals surface area contributed by atoms with E-state index >= 15 is 0 Å². The Balaban J connectivity index is 1.88. The number of likely N-dealkylation sites (N-methyl/N-ethyl adjacent to an activating group) is 1. The van der Waals surface area contributed by atoms with Crippen LogP contribution in [0, 0.1) is 12.3 Å². The Kier molecular flexibility index (Phi) is 11.1. The molecule has 3 rings (SSSR count). The Hall–Kier alpha value is -3.69. The summed E-state index contributed by atoms with van der Waals surface area (Å²) in [4.78, 5) is 40.2. The molecule has 8 nitrogen and oxygen atoms in total. The molecule has 0 aliphatic rings. The molecule has 0 bridgehead atoms. The molecule has 2 aromatic carbocycles. The first kappa shape index (κ1) is 31.8. The summed E-state index contributed by atoms with van der Waals surface area (Å²) in [6.45, 7) is 7.30. The number of carboxylic acid groups (broad SMARTS) is 1. The van der Waals surface area contributed by atoms with E-state index in [1.54, 1.807) is 20.8 Å². The van der Waals surface area contributed by atoms with Gasteiger partial charge >= 0.3 is 6.09 Å². The number of carbonyl (C=O) groups excluding carboxylic acids is 2. The van der Waals surface area contributed by atoms with Gasteiger partial charge in [0, 0.05) is 13.1 Å². The Labute approximate surface area is 246 Å². The van der Waals surface area contributed by atoms with E-state index < -0.39 is 41.6 Å². The SMILES string of the molecule is Cc1ccsc1C(=O)N[C@@H](Cc1ccccc1)C[C@H](O)[C@H](Cc1ccccc1)NC(=O)[C@@H](N(C)C(=O)O)C(C)(C)C. The van der Waals surface area contributed by atoms with Gasteiger partial charge in [-0.05, 0) is 59.7 Å². The van der Waals surface area contributed by atoms with Crippen molar-refractivity contribution in [1.82, 2.24) is 15.5 Å². The molecule has 3 amide bonds. The van der Waals surface area contributed by atoms with Gasteiger partial charge in [0.15, 0.2) is 0 Å². The average Bonchev–Trinajstić information content (AvgIpc) is 3.34. The third kappa shape index (κ3) is 9.16. The van der Waals surface area contributed by atoms with E-state index in [4.69, 9.17) is 0 Å². The zero-order chi connectivity index (χ0) is 30.2.